The number of allylic oxidation sites excluding steroid dienone is 1. The lowest BCUT2D eigenvalue weighted by molar-refractivity contribution is -0.105. The van der Waals surface area contributed by atoms with Crippen molar-refractivity contribution in [1.82, 2.24) is 0 Å². The number of nitrogens with zero attached hydrogens (tertiary/aromatic N) is 1. The highest BCUT2D eigenvalue weighted by atomic mass is 16.5. The monoisotopic (exact) mass is 127 g/mol. The molecule has 0 saturated heterocycles. The zero-order valence-corrected chi connectivity index (χ0v) is 5.55. The Morgan fingerprint density at radius 1 is 1.78 bits per heavy atom. The first kappa shape index (κ1) is 7.88. The molecule has 0 spiro atoms. The Balaban J connectivity index is 4.36. The van der Waals surface area contributed by atoms with Crippen molar-refractivity contribution >= 4 is 13.0 Å². The third-order valence-electron chi connectivity index (χ3n) is 0.851. The molecular weight excluding hydrogens is 118 g/mol. The second kappa shape index (κ2) is 3.83. The molecule has 0 aliphatic carbocycles. The van der Waals surface area contributed by atoms with Crippen LogP contribution < -0.4 is 0 Å². The summed E-state index contributed by atoms with van der Waals surface area (Å²) < 4.78 is 4.67. The van der Waals surface area contributed by atoms with Crippen molar-refractivity contribution in [2.75, 3.05) is 7.11 Å². The lowest BCUT2D eigenvalue weighted by atomic mass is 10.3. The summed E-state index contributed by atoms with van der Waals surface area (Å²) in [5.41, 5.74) is 0.451. The fourth-order valence-electron chi connectivity index (χ4n) is 0.401. The molecule has 0 N–H and O–H groups in total. The van der Waals surface area contributed by atoms with Gasteiger partial charge in [0, 0.05) is 0 Å². The van der Waals surface area contributed by atoms with E-state index in [1.165, 1.54) is 7.11 Å². The standard InChI is InChI=1S/C6H9NO2/c1-5(4-8)6(7-2)9-3/h4H,2H2,1,3H3/b6-5-. The van der Waals surface area contributed by atoms with E-state index in [4.69, 9.17) is 0 Å². The SMILES string of the molecule is C=N/C(OC)=C(\C)C=O. The number of ether oxygens (including phenoxy) is 1. The van der Waals surface area contributed by atoms with Crippen LogP contribution in [-0.4, -0.2) is 20.1 Å². The molecule has 0 bridgehead atoms. The number of aliphatic imine (C=N–C) groups is 1. The van der Waals surface area contributed by atoms with E-state index in [1.54, 1.807) is 6.92 Å². The number of carbonyl (C=O) groups excluding carboxylic acids is 1. The van der Waals surface area contributed by atoms with Crippen LogP contribution >= 0.6 is 0 Å². The first-order chi connectivity index (χ1) is 4.26. The van der Waals surface area contributed by atoms with Gasteiger partial charge in [-0.2, -0.15) is 0 Å². The van der Waals surface area contributed by atoms with E-state index in [9.17, 15) is 4.79 Å². The van der Waals surface area contributed by atoms with Crippen molar-refractivity contribution in [2.45, 2.75) is 6.92 Å². The Morgan fingerprint density at radius 2 is 2.33 bits per heavy atom. The van der Waals surface area contributed by atoms with Gasteiger partial charge in [0.05, 0.1) is 12.7 Å². The van der Waals surface area contributed by atoms with E-state index < -0.39 is 0 Å². The van der Waals surface area contributed by atoms with Gasteiger partial charge in [0.1, 0.15) is 0 Å². The Morgan fingerprint density at radius 3 is 2.44 bits per heavy atom. The summed E-state index contributed by atoms with van der Waals surface area (Å²) in [5, 5.41) is 0. The average molecular weight is 127 g/mol. The fraction of sp³-hybridized carbons (Fsp3) is 0.333. The van der Waals surface area contributed by atoms with Gasteiger partial charge in [-0.1, -0.05) is 0 Å². The van der Waals surface area contributed by atoms with Gasteiger partial charge in [0.25, 0.3) is 0 Å². The summed E-state index contributed by atoms with van der Waals surface area (Å²) in [7, 11) is 1.44. The van der Waals surface area contributed by atoms with Gasteiger partial charge in [-0.25, -0.2) is 4.99 Å². The number of hydrogen-bond donors (Lipinski definition) is 0. The van der Waals surface area contributed by atoms with Crippen LogP contribution in [0.3, 0.4) is 0 Å². The Hall–Kier alpha value is -1.12. The summed E-state index contributed by atoms with van der Waals surface area (Å²) in [6.45, 7) is 4.82. The van der Waals surface area contributed by atoms with E-state index in [0.717, 1.165) is 0 Å². The van der Waals surface area contributed by atoms with Gasteiger partial charge < -0.3 is 4.74 Å². The molecule has 9 heavy (non-hydrogen) atoms. The molecule has 0 aliphatic heterocycles. The molecule has 0 aromatic heterocycles. The van der Waals surface area contributed by atoms with Crippen molar-refractivity contribution in [3.63, 3.8) is 0 Å². The van der Waals surface area contributed by atoms with Crippen LogP contribution in [-0.2, 0) is 9.53 Å². The van der Waals surface area contributed by atoms with E-state index in [2.05, 4.69) is 16.4 Å². The van der Waals surface area contributed by atoms with Crippen molar-refractivity contribution in [3.8, 4) is 0 Å². The van der Waals surface area contributed by atoms with Crippen LogP contribution in [0.4, 0.5) is 0 Å². The molecular formula is C6H9NO2. The van der Waals surface area contributed by atoms with Gasteiger partial charge >= 0.3 is 0 Å². The van der Waals surface area contributed by atoms with Crippen LogP contribution in [0.25, 0.3) is 0 Å². The van der Waals surface area contributed by atoms with Crippen molar-refractivity contribution in [1.29, 1.82) is 0 Å². The maximum atomic E-state index is 10.0. The normalized spacial score (nSPS) is 11.8. The number of carbonyl (C=O) groups is 1. The van der Waals surface area contributed by atoms with Gasteiger partial charge in [-0.05, 0) is 13.6 Å². The highest BCUT2D eigenvalue weighted by Gasteiger charge is 1.95. The average Bonchev–Trinajstić information content (AvgIpc) is 1.90. The van der Waals surface area contributed by atoms with E-state index in [0.29, 0.717) is 11.9 Å². The van der Waals surface area contributed by atoms with Gasteiger partial charge in [-0.15, -0.1) is 0 Å². The van der Waals surface area contributed by atoms with Crippen LogP contribution in [0.1, 0.15) is 6.92 Å². The second-order valence-corrected chi connectivity index (χ2v) is 1.47. The molecule has 0 rings (SSSR count). The zero-order chi connectivity index (χ0) is 7.28. The lowest BCUT2D eigenvalue weighted by Gasteiger charge is -1.97. The Labute approximate surface area is 54.0 Å². The van der Waals surface area contributed by atoms with E-state index in [1.807, 2.05) is 0 Å². The Bertz CT molecular complexity index is 149. The largest absolute Gasteiger partial charge is 0.481 e. The summed E-state index contributed by atoms with van der Waals surface area (Å²) in [5.74, 6) is 0.282. The predicted octanol–water partition coefficient (Wildman–Crippen LogP) is 0.764. The molecule has 0 aromatic rings. The maximum absolute atomic E-state index is 10.0. The molecule has 3 heteroatoms. The molecule has 0 heterocycles. The molecule has 0 saturated carbocycles. The first-order valence-corrected chi connectivity index (χ1v) is 2.43. The summed E-state index contributed by atoms with van der Waals surface area (Å²) in [6, 6.07) is 0. The summed E-state index contributed by atoms with van der Waals surface area (Å²) >= 11 is 0. The molecule has 50 valence electrons. The molecule has 0 amide bonds. The van der Waals surface area contributed by atoms with E-state index >= 15 is 0 Å². The van der Waals surface area contributed by atoms with Crippen LogP contribution in [0.15, 0.2) is 16.4 Å². The first-order valence-electron chi connectivity index (χ1n) is 2.43. The minimum atomic E-state index is 0.282. The van der Waals surface area contributed by atoms with Gasteiger partial charge in [-0.3, -0.25) is 4.79 Å². The minimum Gasteiger partial charge on any atom is -0.481 e. The van der Waals surface area contributed by atoms with E-state index in [-0.39, 0.29) is 5.88 Å². The van der Waals surface area contributed by atoms with Gasteiger partial charge in [0.15, 0.2) is 6.29 Å². The number of hydrogen-bond acceptors (Lipinski definition) is 3. The predicted molar refractivity (Wildman–Crippen MR) is 35.3 cm³/mol. The number of aldehydes is 1. The summed E-state index contributed by atoms with van der Waals surface area (Å²) in [4.78, 5) is 13.5. The van der Waals surface area contributed by atoms with Gasteiger partial charge in [0.2, 0.25) is 5.88 Å². The topological polar surface area (TPSA) is 38.7 Å². The Kier molecular flexibility index (Phi) is 3.35. The maximum Gasteiger partial charge on any atom is 0.218 e. The molecule has 0 fully saturated rings. The number of rotatable bonds is 3. The highest BCUT2D eigenvalue weighted by molar-refractivity contribution is 5.73. The van der Waals surface area contributed by atoms with Crippen LogP contribution in [0.5, 0.6) is 0 Å². The van der Waals surface area contributed by atoms with Crippen LogP contribution in [0.2, 0.25) is 0 Å². The summed E-state index contributed by atoms with van der Waals surface area (Å²) in [6.07, 6.45) is 0.674. The third-order valence-corrected chi connectivity index (χ3v) is 0.851. The molecule has 0 aromatic carbocycles. The van der Waals surface area contributed by atoms with Crippen molar-refractivity contribution in [2.24, 2.45) is 4.99 Å². The van der Waals surface area contributed by atoms with Crippen molar-refractivity contribution in [3.05, 3.63) is 11.5 Å². The molecule has 3 nitrogen and oxygen atoms in total. The molecule has 0 atom stereocenters. The quantitative estimate of drug-likeness (QED) is 0.243. The smallest absolute Gasteiger partial charge is 0.218 e. The minimum absolute atomic E-state index is 0.282. The van der Waals surface area contributed by atoms with Crippen LogP contribution in [0, 0.1) is 0 Å². The fourth-order valence-corrected chi connectivity index (χ4v) is 0.401. The van der Waals surface area contributed by atoms with Crippen molar-refractivity contribution < 1.29 is 9.53 Å². The molecule has 0 radical (unpaired) electrons. The molecule has 0 unspecified atom stereocenters. The zero-order valence-electron chi connectivity index (χ0n) is 5.55. The highest BCUT2D eigenvalue weighted by Crippen LogP contribution is 2.01. The molecule has 0 aliphatic rings. The third kappa shape index (κ3) is 2.08. The lowest BCUT2D eigenvalue weighted by Crippen LogP contribution is -1.88. The second-order valence-electron chi connectivity index (χ2n) is 1.47. The number of methoxy groups -OCH3 is 1.